The molecule has 0 spiro atoms. The second kappa shape index (κ2) is 3.88. The van der Waals surface area contributed by atoms with Crippen molar-refractivity contribution >= 4 is 0 Å². The first kappa shape index (κ1) is 9.33. The Labute approximate surface area is 81.5 Å². The fourth-order valence-corrected chi connectivity index (χ4v) is 1.32. The number of nitrogens with one attached hydrogen (secondary N) is 1. The number of halogens is 1. The zero-order valence-electron chi connectivity index (χ0n) is 7.90. The Morgan fingerprint density at radius 2 is 2.14 bits per heavy atom. The molecule has 0 aromatic carbocycles. The van der Waals surface area contributed by atoms with E-state index in [0.29, 0.717) is 13.1 Å². The van der Waals surface area contributed by atoms with Crippen LogP contribution in [0.2, 0.25) is 0 Å². The number of hydrogen-bond acceptors (Lipinski definition) is 4. The van der Waals surface area contributed by atoms with Gasteiger partial charge in [0.2, 0.25) is 0 Å². The average Bonchev–Trinajstić information content (AvgIpc) is 2.56. The van der Waals surface area contributed by atoms with Gasteiger partial charge in [-0.05, 0) is 12.5 Å². The van der Waals surface area contributed by atoms with Crippen LogP contribution in [0.5, 0.6) is 6.01 Å². The van der Waals surface area contributed by atoms with E-state index in [2.05, 4.69) is 15.3 Å². The molecule has 76 valence electrons. The molecule has 2 heterocycles. The summed E-state index contributed by atoms with van der Waals surface area (Å²) in [5.74, 6) is 0. The van der Waals surface area contributed by atoms with Gasteiger partial charge in [-0.3, -0.25) is 0 Å². The third-order valence-corrected chi connectivity index (χ3v) is 2.10. The molecule has 0 amide bonds. The van der Waals surface area contributed by atoms with E-state index in [9.17, 15) is 4.39 Å². The maximum atomic E-state index is 13.1. The van der Waals surface area contributed by atoms with Gasteiger partial charge in [0, 0.05) is 25.5 Å². The summed E-state index contributed by atoms with van der Waals surface area (Å²) in [5.41, 5.74) is 0.957. The molecular formula is C9H12FN3O. The molecule has 2 unspecified atom stereocenters. The smallest absolute Gasteiger partial charge is 0.316 e. The highest BCUT2D eigenvalue weighted by Crippen LogP contribution is 2.11. The Morgan fingerprint density at radius 1 is 1.43 bits per heavy atom. The number of aromatic nitrogens is 2. The van der Waals surface area contributed by atoms with E-state index in [0.717, 1.165) is 5.56 Å². The average molecular weight is 197 g/mol. The first-order chi connectivity index (χ1) is 6.75. The van der Waals surface area contributed by atoms with Crippen LogP contribution in [-0.4, -0.2) is 35.3 Å². The molecular weight excluding hydrogens is 185 g/mol. The fourth-order valence-electron chi connectivity index (χ4n) is 1.32. The molecule has 1 aliphatic rings. The van der Waals surface area contributed by atoms with Gasteiger partial charge in [-0.25, -0.2) is 14.4 Å². The maximum absolute atomic E-state index is 13.1. The molecule has 5 heteroatoms. The summed E-state index contributed by atoms with van der Waals surface area (Å²) in [7, 11) is 0. The van der Waals surface area contributed by atoms with E-state index in [1.54, 1.807) is 12.4 Å². The van der Waals surface area contributed by atoms with Crippen LogP contribution in [0.1, 0.15) is 5.56 Å². The van der Waals surface area contributed by atoms with Crippen molar-refractivity contribution in [1.82, 2.24) is 15.3 Å². The highest BCUT2D eigenvalue weighted by atomic mass is 19.1. The highest BCUT2D eigenvalue weighted by Gasteiger charge is 2.29. The van der Waals surface area contributed by atoms with Gasteiger partial charge in [-0.1, -0.05) is 0 Å². The minimum Gasteiger partial charge on any atom is -0.456 e. The van der Waals surface area contributed by atoms with Crippen LogP contribution in [-0.2, 0) is 0 Å². The minimum atomic E-state index is -0.972. The molecule has 4 nitrogen and oxygen atoms in total. The van der Waals surface area contributed by atoms with Gasteiger partial charge in [0.1, 0.15) is 6.10 Å². The largest absolute Gasteiger partial charge is 0.456 e. The molecule has 2 atom stereocenters. The molecule has 1 aromatic heterocycles. The Bertz CT molecular complexity index is 303. The molecule has 2 rings (SSSR count). The summed E-state index contributed by atoms with van der Waals surface area (Å²) < 4.78 is 18.4. The fraction of sp³-hybridized carbons (Fsp3) is 0.556. The minimum absolute atomic E-state index is 0.243. The second-order valence-corrected chi connectivity index (χ2v) is 3.37. The predicted octanol–water partition coefficient (Wildman–Crippen LogP) is 0.474. The Morgan fingerprint density at radius 3 is 2.71 bits per heavy atom. The summed E-state index contributed by atoms with van der Waals surface area (Å²) in [6, 6.07) is 0.243. The molecule has 0 saturated carbocycles. The van der Waals surface area contributed by atoms with E-state index in [1.807, 2.05) is 6.92 Å². The first-order valence-corrected chi connectivity index (χ1v) is 4.56. The predicted molar refractivity (Wildman–Crippen MR) is 49.0 cm³/mol. The Balaban J connectivity index is 2.00. The van der Waals surface area contributed by atoms with E-state index in [-0.39, 0.29) is 6.01 Å². The van der Waals surface area contributed by atoms with Crippen molar-refractivity contribution in [3.8, 4) is 6.01 Å². The van der Waals surface area contributed by atoms with Gasteiger partial charge in [-0.15, -0.1) is 0 Å². The number of alkyl halides is 1. The molecule has 14 heavy (non-hydrogen) atoms. The zero-order valence-corrected chi connectivity index (χ0v) is 7.90. The van der Waals surface area contributed by atoms with Crippen molar-refractivity contribution in [2.24, 2.45) is 0 Å². The van der Waals surface area contributed by atoms with Gasteiger partial charge in [0.25, 0.3) is 0 Å². The van der Waals surface area contributed by atoms with Gasteiger partial charge in [-0.2, -0.15) is 0 Å². The number of hydrogen-bond donors (Lipinski definition) is 1. The van der Waals surface area contributed by atoms with Crippen LogP contribution < -0.4 is 10.1 Å². The molecule has 1 aromatic rings. The van der Waals surface area contributed by atoms with E-state index < -0.39 is 12.3 Å². The summed E-state index contributed by atoms with van der Waals surface area (Å²) >= 11 is 0. The third kappa shape index (κ3) is 1.98. The number of rotatable bonds is 2. The van der Waals surface area contributed by atoms with Crippen molar-refractivity contribution in [2.75, 3.05) is 13.1 Å². The molecule has 0 bridgehead atoms. The van der Waals surface area contributed by atoms with Crippen LogP contribution in [0, 0.1) is 6.92 Å². The zero-order chi connectivity index (χ0) is 9.97. The van der Waals surface area contributed by atoms with Crippen LogP contribution >= 0.6 is 0 Å². The molecule has 1 saturated heterocycles. The lowest BCUT2D eigenvalue weighted by atomic mass is 10.3. The van der Waals surface area contributed by atoms with Crippen molar-refractivity contribution in [3.05, 3.63) is 18.0 Å². The van der Waals surface area contributed by atoms with Crippen LogP contribution in [0.25, 0.3) is 0 Å². The standard InChI is InChI=1S/C9H12FN3O/c1-6-2-12-9(13-3-6)14-8-5-11-4-7(8)10/h2-3,7-8,11H,4-5H2,1H3. The molecule has 0 aliphatic carbocycles. The monoisotopic (exact) mass is 197 g/mol. The SMILES string of the molecule is Cc1cnc(OC2CNCC2F)nc1. The molecule has 1 fully saturated rings. The van der Waals surface area contributed by atoms with Gasteiger partial charge in [0.05, 0.1) is 0 Å². The molecule has 1 aliphatic heterocycles. The van der Waals surface area contributed by atoms with Gasteiger partial charge in [0.15, 0.2) is 6.17 Å². The summed E-state index contributed by atoms with van der Waals surface area (Å²) in [6.45, 7) is 2.74. The number of ether oxygens (including phenoxy) is 1. The van der Waals surface area contributed by atoms with Crippen molar-refractivity contribution < 1.29 is 9.13 Å². The topological polar surface area (TPSA) is 47.0 Å². The number of aryl methyl sites for hydroxylation is 1. The van der Waals surface area contributed by atoms with E-state index in [4.69, 9.17) is 4.74 Å². The lowest BCUT2D eigenvalue weighted by molar-refractivity contribution is 0.128. The Kier molecular flexibility index (Phi) is 2.58. The lowest BCUT2D eigenvalue weighted by Gasteiger charge is -2.12. The van der Waals surface area contributed by atoms with Crippen molar-refractivity contribution in [3.63, 3.8) is 0 Å². The van der Waals surface area contributed by atoms with Crippen LogP contribution in [0.3, 0.4) is 0 Å². The quantitative estimate of drug-likeness (QED) is 0.748. The van der Waals surface area contributed by atoms with E-state index >= 15 is 0 Å². The first-order valence-electron chi connectivity index (χ1n) is 4.56. The maximum Gasteiger partial charge on any atom is 0.316 e. The highest BCUT2D eigenvalue weighted by molar-refractivity contribution is 5.05. The van der Waals surface area contributed by atoms with E-state index in [1.165, 1.54) is 0 Å². The van der Waals surface area contributed by atoms with Gasteiger partial charge < -0.3 is 10.1 Å². The van der Waals surface area contributed by atoms with Crippen molar-refractivity contribution in [2.45, 2.75) is 19.2 Å². The lowest BCUT2D eigenvalue weighted by Crippen LogP contribution is -2.27. The molecule has 1 N–H and O–H groups in total. The van der Waals surface area contributed by atoms with Crippen LogP contribution in [0.15, 0.2) is 12.4 Å². The number of nitrogens with zero attached hydrogens (tertiary/aromatic N) is 2. The summed E-state index contributed by atoms with van der Waals surface area (Å²) in [4.78, 5) is 7.90. The Hall–Kier alpha value is -1.23. The second-order valence-electron chi connectivity index (χ2n) is 3.37. The van der Waals surface area contributed by atoms with Crippen LogP contribution in [0.4, 0.5) is 4.39 Å². The van der Waals surface area contributed by atoms with Crippen molar-refractivity contribution in [1.29, 1.82) is 0 Å². The third-order valence-electron chi connectivity index (χ3n) is 2.10. The van der Waals surface area contributed by atoms with Gasteiger partial charge >= 0.3 is 6.01 Å². The molecule has 0 radical (unpaired) electrons. The summed E-state index contributed by atoms with van der Waals surface area (Å²) in [5, 5.41) is 2.90. The normalized spacial score (nSPS) is 26.4. The summed E-state index contributed by atoms with van der Waals surface area (Å²) in [6.07, 6.45) is 1.87.